The van der Waals surface area contributed by atoms with E-state index in [-0.39, 0.29) is 24.6 Å². The summed E-state index contributed by atoms with van der Waals surface area (Å²) in [6.45, 7) is 1.41. The number of fused-ring (bicyclic) bond motifs is 1. The van der Waals surface area contributed by atoms with Gasteiger partial charge < -0.3 is 24.3 Å². The van der Waals surface area contributed by atoms with Gasteiger partial charge in [-0.05, 0) is 67.4 Å². The summed E-state index contributed by atoms with van der Waals surface area (Å²) in [7, 11) is 0. The molecule has 3 heterocycles. The lowest BCUT2D eigenvalue weighted by Gasteiger charge is -2.32. The fraction of sp³-hybridized carbons (Fsp3) is 0.250. The van der Waals surface area contributed by atoms with Crippen molar-refractivity contribution in [2.45, 2.75) is 18.9 Å². The normalized spacial score (nSPS) is 15.7. The molecule has 2 amide bonds. The minimum absolute atomic E-state index is 0.0274. The van der Waals surface area contributed by atoms with E-state index in [4.69, 9.17) is 9.47 Å². The van der Waals surface area contributed by atoms with Gasteiger partial charge in [0.25, 0.3) is 11.8 Å². The number of benzene rings is 2. The topological polar surface area (TPSA) is 72.8 Å². The highest BCUT2D eigenvalue weighted by Crippen LogP contribution is 2.32. The molecule has 0 spiro atoms. The Balaban J connectivity index is 1.15. The maximum atomic E-state index is 12.9. The summed E-state index contributed by atoms with van der Waals surface area (Å²) < 4.78 is 12.6. The molecule has 0 aliphatic carbocycles. The number of ether oxygens (including phenoxy) is 2. The Morgan fingerprint density at radius 3 is 2.29 bits per heavy atom. The van der Waals surface area contributed by atoms with Crippen molar-refractivity contribution < 1.29 is 19.1 Å². The summed E-state index contributed by atoms with van der Waals surface area (Å²) in [4.78, 5) is 27.3. The van der Waals surface area contributed by atoms with Crippen LogP contribution in [-0.4, -0.2) is 47.2 Å². The monoisotopic (exact) mass is 417 g/mol. The van der Waals surface area contributed by atoms with Crippen molar-refractivity contribution in [1.82, 2.24) is 14.8 Å². The van der Waals surface area contributed by atoms with Crippen molar-refractivity contribution in [3.8, 4) is 17.2 Å². The Labute approximate surface area is 180 Å². The summed E-state index contributed by atoms with van der Waals surface area (Å²) in [6, 6.07) is 16.8. The molecule has 1 N–H and O–H groups in total. The fourth-order valence-corrected chi connectivity index (χ4v) is 4.00. The predicted octanol–water partition coefficient (Wildman–Crippen LogP) is 3.24. The van der Waals surface area contributed by atoms with Gasteiger partial charge in [-0.2, -0.15) is 0 Å². The molecule has 2 aliphatic heterocycles. The molecule has 7 heteroatoms. The largest absolute Gasteiger partial charge is 0.454 e. The zero-order valence-electron chi connectivity index (χ0n) is 17.0. The van der Waals surface area contributed by atoms with E-state index in [1.165, 1.54) is 0 Å². The van der Waals surface area contributed by atoms with Gasteiger partial charge in [0.2, 0.25) is 6.79 Å². The number of rotatable bonds is 4. The van der Waals surface area contributed by atoms with Crippen molar-refractivity contribution >= 4 is 11.8 Å². The number of nitrogens with one attached hydrogen (secondary N) is 1. The van der Waals surface area contributed by atoms with Crippen LogP contribution >= 0.6 is 0 Å². The highest BCUT2D eigenvalue weighted by molar-refractivity contribution is 5.95. The molecular formula is C24H23N3O4. The van der Waals surface area contributed by atoms with Gasteiger partial charge in [0.05, 0.1) is 0 Å². The number of amides is 2. The molecule has 0 saturated carbocycles. The van der Waals surface area contributed by atoms with Crippen LogP contribution in [0.25, 0.3) is 5.69 Å². The summed E-state index contributed by atoms with van der Waals surface area (Å²) in [5, 5.41) is 3.07. The van der Waals surface area contributed by atoms with Crippen LogP contribution in [0.15, 0.2) is 67.0 Å². The van der Waals surface area contributed by atoms with Crippen molar-refractivity contribution in [2.75, 3.05) is 19.9 Å². The highest BCUT2D eigenvalue weighted by Gasteiger charge is 2.25. The Bertz CT molecular complexity index is 1080. The van der Waals surface area contributed by atoms with E-state index < -0.39 is 0 Å². The van der Waals surface area contributed by atoms with Gasteiger partial charge in [-0.3, -0.25) is 9.59 Å². The summed E-state index contributed by atoms with van der Waals surface area (Å²) in [5.74, 6) is 1.14. The van der Waals surface area contributed by atoms with Crippen LogP contribution < -0.4 is 14.8 Å². The molecule has 7 nitrogen and oxygen atoms in total. The quantitative estimate of drug-likeness (QED) is 0.707. The second kappa shape index (κ2) is 8.18. The Morgan fingerprint density at radius 1 is 0.871 bits per heavy atom. The third-order valence-corrected chi connectivity index (χ3v) is 5.77. The third kappa shape index (κ3) is 3.99. The van der Waals surface area contributed by atoms with Crippen LogP contribution in [0.1, 0.15) is 33.6 Å². The minimum Gasteiger partial charge on any atom is -0.454 e. The lowest BCUT2D eigenvalue weighted by Crippen LogP contribution is -2.46. The second-order valence-electron chi connectivity index (χ2n) is 7.75. The number of aromatic nitrogens is 1. The van der Waals surface area contributed by atoms with Crippen molar-refractivity contribution in [3.05, 3.63) is 78.1 Å². The Morgan fingerprint density at radius 2 is 1.55 bits per heavy atom. The average molecular weight is 417 g/mol. The van der Waals surface area contributed by atoms with Gasteiger partial charge >= 0.3 is 0 Å². The maximum Gasteiger partial charge on any atom is 0.253 e. The first-order valence-electron chi connectivity index (χ1n) is 10.4. The summed E-state index contributed by atoms with van der Waals surface area (Å²) >= 11 is 0. The molecule has 1 fully saturated rings. The predicted molar refractivity (Wildman–Crippen MR) is 115 cm³/mol. The van der Waals surface area contributed by atoms with Crippen LogP contribution in [0.5, 0.6) is 11.5 Å². The zero-order valence-corrected chi connectivity index (χ0v) is 17.0. The van der Waals surface area contributed by atoms with E-state index in [1.54, 1.807) is 18.2 Å². The first kappa shape index (κ1) is 19.2. The number of carbonyl (C=O) groups is 2. The van der Waals surface area contributed by atoms with Gasteiger partial charge in [0.15, 0.2) is 11.5 Å². The van der Waals surface area contributed by atoms with Gasteiger partial charge in [-0.25, -0.2) is 0 Å². The average Bonchev–Trinajstić information content (AvgIpc) is 3.51. The van der Waals surface area contributed by atoms with E-state index >= 15 is 0 Å². The third-order valence-electron chi connectivity index (χ3n) is 5.77. The number of carbonyl (C=O) groups excluding carboxylic acids is 2. The molecule has 1 saturated heterocycles. The summed E-state index contributed by atoms with van der Waals surface area (Å²) in [5.41, 5.74) is 2.25. The standard InChI is InChI=1S/C24H23N3O4/c28-23(18-5-8-21-22(15-18)31-16-30-21)25-19-9-13-27(14-10-19)24(29)17-3-6-20(7-4-17)26-11-1-2-12-26/h1-8,11-12,15,19H,9-10,13-14,16H2,(H,25,28). The van der Waals surface area contributed by atoms with E-state index in [2.05, 4.69) is 5.32 Å². The van der Waals surface area contributed by atoms with E-state index in [9.17, 15) is 9.59 Å². The molecule has 0 radical (unpaired) electrons. The van der Waals surface area contributed by atoms with Crippen LogP contribution in [0.4, 0.5) is 0 Å². The molecule has 0 unspecified atom stereocenters. The van der Waals surface area contributed by atoms with Crippen LogP contribution in [0.3, 0.4) is 0 Å². The van der Waals surface area contributed by atoms with Gasteiger partial charge in [0, 0.05) is 48.3 Å². The maximum absolute atomic E-state index is 12.9. The fourth-order valence-electron chi connectivity index (χ4n) is 4.00. The second-order valence-corrected chi connectivity index (χ2v) is 7.75. The molecule has 5 rings (SSSR count). The van der Waals surface area contributed by atoms with E-state index in [0.29, 0.717) is 35.7 Å². The Hall–Kier alpha value is -3.74. The number of likely N-dealkylation sites (tertiary alicyclic amines) is 1. The SMILES string of the molecule is O=C(NC1CCN(C(=O)c2ccc(-n3cccc3)cc2)CC1)c1ccc2c(c1)OCO2. The smallest absolute Gasteiger partial charge is 0.253 e. The Kier molecular flexibility index (Phi) is 5.08. The number of hydrogen-bond acceptors (Lipinski definition) is 4. The molecule has 2 aliphatic rings. The first-order valence-corrected chi connectivity index (χ1v) is 10.4. The van der Waals surface area contributed by atoms with Gasteiger partial charge in [-0.1, -0.05) is 0 Å². The minimum atomic E-state index is -0.135. The first-order chi connectivity index (χ1) is 15.2. The van der Waals surface area contributed by atoms with Gasteiger partial charge in [-0.15, -0.1) is 0 Å². The molecule has 31 heavy (non-hydrogen) atoms. The molecule has 1 aromatic heterocycles. The van der Waals surface area contributed by atoms with E-state index in [1.807, 2.05) is 58.3 Å². The van der Waals surface area contributed by atoms with Crippen molar-refractivity contribution in [1.29, 1.82) is 0 Å². The molecule has 0 bridgehead atoms. The molecule has 2 aromatic carbocycles. The molecule has 3 aromatic rings. The lowest BCUT2D eigenvalue weighted by molar-refractivity contribution is 0.0698. The van der Waals surface area contributed by atoms with Crippen LogP contribution in [-0.2, 0) is 0 Å². The number of hydrogen-bond donors (Lipinski definition) is 1. The van der Waals surface area contributed by atoms with Crippen molar-refractivity contribution in [2.24, 2.45) is 0 Å². The highest BCUT2D eigenvalue weighted by atomic mass is 16.7. The molecule has 0 atom stereocenters. The molecule has 158 valence electrons. The summed E-state index contributed by atoms with van der Waals surface area (Å²) in [6.07, 6.45) is 5.39. The van der Waals surface area contributed by atoms with Crippen molar-refractivity contribution in [3.63, 3.8) is 0 Å². The van der Waals surface area contributed by atoms with Crippen LogP contribution in [0, 0.1) is 0 Å². The van der Waals surface area contributed by atoms with E-state index in [0.717, 1.165) is 18.5 Å². The lowest BCUT2D eigenvalue weighted by atomic mass is 10.0. The van der Waals surface area contributed by atoms with Crippen LogP contribution in [0.2, 0.25) is 0 Å². The molecular weight excluding hydrogens is 394 g/mol. The van der Waals surface area contributed by atoms with Gasteiger partial charge in [0.1, 0.15) is 0 Å². The number of piperidine rings is 1. The number of nitrogens with zero attached hydrogens (tertiary/aromatic N) is 2. The zero-order chi connectivity index (χ0) is 21.2.